The fourth-order valence-corrected chi connectivity index (χ4v) is 3.79. The summed E-state index contributed by atoms with van der Waals surface area (Å²) in [6, 6.07) is 5.04. The zero-order valence-corrected chi connectivity index (χ0v) is 19.8. The largest absolute Gasteiger partial charge is 0.478 e. The minimum Gasteiger partial charge on any atom is -0.478 e. The summed E-state index contributed by atoms with van der Waals surface area (Å²) in [5, 5.41) is 43.6. The average molecular weight is 543 g/mol. The van der Waals surface area contributed by atoms with Gasteiger partial charge in [-0.15, -0.1) is 0 Å². The van der Waals surface area contributed by atoms with Gasteiger partial charge in [-0.05, 0) is 24.1 Å². The second-order valence-electron chi connectivity index (χ2n) is 7.53. The van der Waals surface area contributed by atoms with E-state index >= 15 is 0 Å². The zero-order chi connectivity index (χ0) is 25.4. The molecule has 2 rings (SSSR count). The number of guanidine groups is 1. The number of aryl methyl sites for hydroxylation is 1. The third-order valence-corrected chi connectivity index (χ3v) is 5.71. The van der Waals surface area contributed by atoms with E-state index in [1.165, 1.54) is 6.92 Å². The van der Waals surface area contributed by atoms with E-state index in [0.717, 1.165) is 16.1 Å². The second-order valence-corrected chi connectivity index (χ2v) is 8.38. The van der Waals surface area contributed by atoms with E-state index in [4.69, 9.17) is 15.6 Å². The quantitative estimate of drug-likeness (QED) is 0.147. The van der Waals surface area contributed by atoms with Crippen LogP contribution in [0.3, 0.4) is 0 Å². The summed E-state index contributed by atoms with van der Waals surface area (Å²) in [4.78, 5) is 39.7. The summed E-state index contributed by atoms with van der Waals surface area (Å²) in [7, 11) is 0. The number of aliphatic carboxylic acids is 1. The Morgan fingerprint density at radius 3 is 2.53 bits per heavy atom. The molecule has 0 saturated heterocycles. The van der Waals surface area contributed by atoms with E-state index in [0.29, 0.717) is 6.42 Å². The van der Waals surface area contributed by atoms with Crippen LogP contribution in [-0.4, -0.2) is 81.2 Å². The lowest BCUT2D eigenvalue weighted by atomic mass is 9.92. The molecule has 2 amide bonds. The molecule has 1 aromatic carbocycles. The molecule has 8 N–H and O–H groups in total. The van der Waals surface area contributed by atoms with Crippen LogP contribution in [0.4, 0.5) is 0 Å². The number of hydrogen-bond acceptors (Lipinski definition) is 8. The topological polar surface area (TPSA) is 204 Å². The third-order valence-electron chi connectivity index (χ3n) is 4.94. The number of nitrogens with two attached hydrogens (primary N) is 1. The van der Waals surface area contributed by atoms with Gasteiger partial charge in [0.05, 0.1) is 18.7 Å². The Kier molecular flexibility index (Phi) is 9.98. The number of benzene rings is 1. The molecule has 0 spiro atoms. The Hall–Kier alpha value is -3.00. The highest BCUT2D eigenvalue weighted by Crippen LogP contribution is 2.25. The van der Waals surface area contributed by atoms with Crippen molar-refractivity contribution in [3.05, 3.63) is 46.1 Å². The predicted molar refractivity (Wildman–Crippen MR) is 123 cm³/mol. The van der Waals surface area contributed by atoms with Gasteiger partial charge in [0.25, 0.3) is 0 Å². The monoisotopic (exact) mass is 542 g/mol. The Labute approximate surface area is 203 Å². The van der Waals surface area contributed by atoms with Gasteiger partial charge in [-0.2, -0.15) is 0 Å². The molecule has 0 unspecified atom stereocenters. The standard InChI is InChI=1S/C21H27BrN4O8/c1-10(28)24-17-13(8-15(20(32)33)34-19(17)18(31)14(29)9-27)25-21(23)26-16(30)7-6-11-4-2-3-5-12(11)22/h2-5,8,13-14,17-19,27,29,31H,6-7,9H2,1H3,(H,24,28)(H,32,33)(H3,23,25,26,30)/t13-,14+,17+,18+,19+/m0/s1. The molecule has 5 atom stereocenters. The van der Waals surface area contributed by atoms with E-state index in [2.05, 4.69) is 31.6 Å². The van der Waals surface area contributed by atoms with Crippen LogP contribution in [-0.2, 0) is 25.5 Å². The van der Waals surface area contributed by atoms with Gasteiger partial charge >= 0.3 is 5.97 Å². The van der Waals surface area contributed by atoms with Crippen molar-refractivity contribution in [2.75, 3.05) is 6.61 Å². The summed E-state index contributed by atoms with van der Waals surface area (Å²) in [5.74, 6) is -3.47. The molecule has 1 aliphatic heterocycles. The predicted octanol–water partition coefficient (Wildman–Crippen LogP) is -1.23. The summed E-state index contributed by atoms with van der Waals surface area (Å²) in [6.45, 7) is 0.333. The number of carboxylic acids is 1. The number of nitrogens with zero attached hydrogens (tertiary/aromatic N) is 1. The second kappa shape index (κ2) is 12.5. The number of amides is 2. The number of carboxylic acid groups (broad SMARTS) is 1. The molecule has 0 radical (unpaired) electrons. The van der Waals surface area contributed by atoms with E-state index in [1.807, 2.05) is 24.3 Å². The Bertz CT molecular complexity index is 970. The van der Waals surface area contributed by atoms with Gasteiger partial charge in [0.1, 0.15) is 18.3 Å². The molecule has 1 aliphatic rings. The van der Waals surface area contributed by atoms with Gasteiger partial charge < -0.3 is 36.2 Å². The maximum absolute atomic E-state index is 12.3. The first-order valence-electron chi connectivity index (χ1n) is 10.3. The highest BCUT2D eigenvalue weighted by molar-refractivity contribution is 9.10. The lowest BCUT2D eigenvalue weighted by Crippen LogP contribution is -2.60. The van der Waals surface area contributed by atoms with Crippen molar-refractivity contribution in [1.29, 1.82) is 0 Å². The molecule has 0 bridgehead atoms. The van der Waals surface area contributed by atoms with E-state index in [9.17, 15) is 29.7 Å². The molecule has 0 aromatic heterocycles. The SMILES string of the molecule is CC(=O)N[C@H]1[C@H]([C@H](O)[C@H](O)CO)OC(C(=O)O)=C[C@@H]1N=C(N)NC(=O)CCc1ccccc1Br. The molecule has 12 nitrogen and oxygen atoms in total. The molecule has 1 heterocycles. The van der Waals surface area contributed by atoms with Gasteiger partial charge in [-0.3, -0.25) is 14.9 Å². The number of aliphatic imine (C=N–C) groups is 1. The first-order chi connectivity index (χ1) is 16.0. The molecule has 0 saturated carbocycles. The fourth-order valence-electron chi connectivity index (χ4n) is 3.31. The van der Waals surface area contributed by atoms with Crippen LogP contribution in [0.5, 0.6) is 0 Å². The van der Waals surface area contributed by atoms with Crippen LogP contribution >= 0.6 is 15.9 Å². The van der Waals surface area contributed by atoms with Crippen LogP contribution in [0.25, 0.3) is 0 Å². The number of aliphatic hydroxyl groups is 3. The molecule has 0 fully saturated rings. The van der Waals surface area contributed by atoms with E-state index in [1.54, 1.807) is 0 Å². The average Bonchev–Trinajstić information content (AvgIpc) is 2.77. The summed E-state index contributed by atoms with van der Waals surface area (Å²) < 4.78 is 6.11. The number of carbonyl (C=O) groups excluding carboxylic acids is 2. The summed E-state index contributed by atoms with van der Waals surface area (Å²) in [6.07, 6.45) is -3.40. The first-order valence-corrected chi connectivity index (χ1v) is 11.0. The van der Waals surface area contributed by atoms with Crippen LogP contribution in [0, 0.1) is 0 Å². The number of halogens is 1. The van der Waals surface area contributed by atoms with Gasteiger partial charge in [0.2, 0.25) is 17.6 Å². The Morgan fingerprint density at radius 1 is 1.26 bits per heavy atom. The minimum absolute atomic E-state index is 0.0853. The van der Waals surface area contributed by atoms with Crippen molar-refractivity contribution in [3.63, 3.8) is 0 Å². The smallest absolute Gasteiger partial charge is 0.370 e. The van der Waals surface area contributed by atoms with Gasteiger partial charge in [-0.25, -0.2) is 9.79 Å². The maximum atomic E-state index is 12.3. The van der Waals surface area contributed by atoms with Crippen LogP contribution in [0.1, 0.15) is 18.9 Å². The molecule has 186 valence electrons. The van der Waals surface area contributed by atoms with Crippen molar-refractivity contribution < 1.29 is 39.5 Å². The van der Waals surface area contributed by atoms with Crippen molar-refractivity contribution in [1.82, 2.24) is 10.6 Å². The number of hydrogen-bond donors (Lipinski definition) is 7. The number of carbonyl (C=O) groups is 3. The summed E-state index contributed by atoms with van der Waals surface area (Å²) in [5.41, 5.74) is 6.77. The normalized spacial score (nSPS) is 22.1. The molecule has 0 aliphatic carbocycles. The van der Waals surface area contributed by atoms with Gasteiger partial charge in [0, 0.05) is 17.8 Å². The maximum Gasteiger partial charge on any atom is 0.370 e. The third kappa shape index (κ3) is 7.52. The highest BCUT2D eigenvalue weighted by atomic mass is 79.9. The number of ether oxygens (including phenoxy) is 1. The Morgan fingerprint density at radius 2 is 1.94 bits per heavy atom. The van der Waals surface area contributed by atoms with Crippen molar-refractivity contribution in [2.45, 2.75) is 50.2 Å². The van der Waals surface area contributed by atoms with Crippen LogP contribution in [0.2, 0.25) is 0 Å². The fraction of sp³-hybridized carbons (Fsp3) is 0.429. The molecular formula is C21H27BrN4O8. The van der Waals surface area contributed by atoms with E-state index < -0.39 is 60.5 Å². The van der Waals surface area contributed by atoms with Crippen molar-refractivity contribution in [3.8, 4) is 0 Å². The molecular weight excluding hydrogens is 516 g/mol. The molecule has 1 aromatic rings. The van der Waals surface area contributed by atoms with Crippen LogP contribution < -0.4 is 16.4 Å². The van der Waals surface area contributed by atoms with Gasteiger partial charge in [-0.1, -0.05) is 34.1 Å². The van der Waals surface area contributed by atoms with Crippen molar-refractivity contribution in [2.24, 2.45) is 10.7 Å². The van der Waals surface area contributed by atoms with Crippen LogP contribution in [0.15, 0.2) is 45.6 Å². The molecule has 34 heavy (non-hydrogen) atoms. The molecule has 13 heteroatoms. The first kappa shape index (κ1) is 27.2. The number of aliphatic hydroxyl groups excluding tert-OH is 3. The van der Waals surface area contributed by atoms with Gasteiger partial charge in [0.15, 0.2) is 5.96 Å². The zero-order valence-electron chi connectivity index (χ0n) is 18.2. The van der Waals surface area contributed by atoms with E-state index in [-0.39, 0.29) is 12.4 Å². The number of rotatable bonds is 9. The highest BCUT2D eigenvalue weighted by Gasteiger charge is 2.43. The minimum atomic E-state index is -1.78. The Balaban J connectivity index is 2.23. The van der Waals surface area contributed by atoms with Crippen molar-refractivity contribution >= 4 is 39.7 Å². The summed E-state index contributed by atoms with van der Waals surface area (Å²) >= 11 is 3.40. The lowest BCUT2D eigenvalue weighted by molar-refractivity contribution is -0.145. The number of nitrogens with one attached hydrogen (secondary N) is 2. The lowest BCUT2D eigenvalue weighted by Gasteiger charge is -2.38.